The van der Waals surface area contributed by atoms with E-state index in [1.807, 2.05) is 0 Å². The number of aromatic nitrogens is 2. The first-order valence-electron chi connectivity index (χ1n) is 5.21. The molecule has 1 aromatic rings. The van der Waals surface area contributed by atoms with Crippen LogP contribution in [0.3, 0.4) is 0 Å². The average Bonchev–Trinajstić information content (AvgIpc) is 2.79. The Morgan fingerprint density at radius 1 is 1.53 bits per heavy atom. The van der Waals surface area contributed by atoms with Crippen molar-refractivity contribution >= 4 is 0 Å². The van der Waals surface area contributed by atoms with Crippen LogP contribution in [0.4, 0.5) is 0 Å². The number of nitrogens with one attached hydrogen (secondary N) is 1. The topological polar surface area (TPSA) is 60.2 Å². The van der Waals surface area contributed by atoms with Crippen LogP contribution < -0.4 is 5.32 Å². The maximum atomic E-state index is 5.42. The summed E-state index contributed by atoms with van der Waals surface area (Å²) in [5, 5.41) is 7.04. The average molecular weight is 209 g/mol. The molecule has 0 saturated carbocycles. The Kier molecular flexibility index (Phi) is 3.73. The molecule has 0 spiro atoms. The van der Waals surface area contributed by atoms with Gasteiger partial charge in [-0.05, 0) is 18.9 Å². The molecule has 1 unspecified atom stereocenters. The fourth-order valence-corrected chi connectivity index (χ4v) is 1.50. The molecule has 0 amide bonds. The van der Waals surface area contributed by atoms with E-state index in [0.717, 1.165) is 38.2 Å². The lowest BCUT2D eigenvalue weighted by atomic mass is 10.1. The molecule has 0 saturated heterocycles. The van der Waals surface area contributed by atoms with Gasteiger partial charge in [0.15, 0.2) is 5.82 Å². The molecule has 0 aromatic carbocycles. The number of hydrogen-bond donors (Lipinski definition) is 1. The van der Waals surface area contributed by atoms with Crippen LogP contribution in [0.2, 0.25) is 0 Å². The Labute approximate surface area is 88.5 Å². The number of nitrogens with zero attached hydrogens (tertiary/aromatic N) is 2. The first-order valence-corrected chi connectivity index (χ1v) is 5.21. The molecule has 1 aliphatic heterocycles. The zero-order valence-corrected chi connectivity index (χ0v) is 8.56. The van der Waals surface area contributed by atoms with E-state index in [4.69, 9.17) is 4.74 Å². The van der Waals surface area contributed by atoms with Crippen LogP contribution in [0.25, 0.3) is 0 Å². The van der Waals surface area contributed by atoms with Crippen molar-refractivity contribution in [3.05, 3.63) is 24.6 Å². The van der Waals surface area contributed by atoms with Gasteiger partial charge in [0.05, 0.1) is 6.26 Å². The molecule has 1 aliphatic rings. The predicted molar refractivity (Wildman–Crippen MR) is 54.1 cm³/mol. The number of ether oxygens (including phenoxy) is 1. The second-order valence-corrected chi connectivity index (χ2v) is 3.51. The molecule has 0 aliphatic carbocycles. The van der Waals surface area contributed by atoms with Crippen molar-refractivity contribution in [2.45, 2.75) is 25.4 Å². The van der Waals surface area contributed by atoms with Gasteiger partial charge in [-0.2, -0.15) is 4.98 Å². The van der Waals surface area contributed by atoms with Crippen molar-refractivity contribution in [1.29, 1.82) is 0 Å². The Hall–Kier alpha value is -1.36. The lowest BCUT2D eigenvalue weighted by Gasteiger charge is -2.19. The minimum atomic E-state index is 0.306. The van der Waals surface area contributed by atoms with Gasteiger partial charge in [-0.3, -0.25) is 0 Å². The maximum absolute atomic E-state index is 5.42. The zero-order chi connectivity index (χ0) is 10.3. The van der Waals surface area contributed by atoms with Crippen LogP contribution in [0, 0.1) is 0 Å². The lowest BCUT2D eigenvalue weighted by molar-refractivity contribution is 0.122. The van der Waals surface area contributed by atoms with Crippen molar-refractivity contribution in [1.82, 2.24) is 15.5 Å². The summed E-state index contributed by atoms with van der Waals surface area (Å²) in [7, 11) is 0. The van der Waals surface area contributed by atoms with E-state index < -0.39 is 0 Å². The summed E-state index contributed by atoms with van der Waals surface area (Å²) in [6.07, 6.45) is 8.48. The van der Waals surface area contributed by atoms with E-state index >= 15 is 0 Å². The first kappa shape index (κ1) is 10.2. The van der Waals surface area contributed by atoms with Crippen LogP contribution in [0.1, 0.15) is 18.7 Å². The number of allylic oxidation sites excluding steroid dienone is 1. The monoisotopic (exact) mass is 209 g/mol. The van der Waals surface area contributed by atoms with Crippen molar-refractivity contribution in [2.75, 3.05) is 13.1 Å². The van der Waals surface area contributed by atoms with Crippen LogP contribution in [0.5, 0.6) is 0 Å². The lowest BCUT2D eigenvalue weighted by Crippen LogP contribution is -2.30. The number of hydrogen-bond acceptors (Lipinski definition) is 5. The standard InChI is InChI=1S/C10H15N3O2/c1-2-6-14-9(3-1)7-11-5-4-10-12-8-15-13-10/h2,6,8-9,11H,1,3-5,7H2. The summed E-state index contributed by atoms with van der Waals surface area (Å²) in [4.78, 5) is 3.94. The van der Waals surface area contributed by atoms with E-state index in [0.29, 0.717) is 6.10 Å². The fraction of sp³-hybridized carbons (Fsp3) is 0.600. The Balaban J connectivity index is 1.57. The molecule has 82 valence electrons. The summed E-state index contributed by atoms with van der Waals surface area (Å²) in [5.74, 6) is 0.743. The van der Waals surface area contributed by atoms with E-state index in [9.17, 15) is 0 Å². The van der Waals surface area contributed by atoms with Gasteiger partial charge in [-0.1, -0.05) is 5.16 Å². The maximum Gasteiger partial charge on any atom is 0.213 e. The van der Waals surface area contributed by atoms with Gasteiger partial charge in [-0.15, -0.1) is 0 Å². The van der Waals surface area contributed by atoms with Crippen molar-refractivity contribution in [3.8, 4) is 0 Å². The van der Waals surface area contributed by atoms with Crippen LogP contribution in [-0.4, -0.2) is 29.3 Å². The van der Waals surface area contributed by atoms with E-state index in [2.05, 4.69) is 26.1 Å². The molecule has 1 aromatic heterocycles. The van der Waals surface area contributed by atoms with Gasteiger partial charge in [0, 0.05) is 19.5 Å². The van der Waals surface area contributed by atoms with Crippen molar-refractivity contribution in [3.63, 3.8) is 0 Å². The summed E-state index contributed by atoms with van der Waals surface area (Å²) in [5.41, 5.74) is 0. The molecular weight excluding hydrogens is 194 g/mol. The normalized spacial score (nSPS) is 20.1. The second-order valence-electron chi connectivity index (χ2n) is 3.51. The molecule has 2 rings (SSSR count). The third kappa shape index (κ3) is 3.36. The molecule has 0 bridgehead atoms. The number of rotatable bonds is 5. The SMILES string of the molecule is C1=COC(CNCCc2ncon2)CC1. The fourth-order valence-electron chi connectivity index (χ4n) is 1.50. The van der Waals surface area contributed by atoms with Crippen molar-refractivity contribution < 1.29 is 9.26 Å². The van der Waals surface area contributed by atoms with E-state index in [-0.39, 0.29) is 0 Å². The Morgan fingerprint density at radius 2 is 2.53 bits per heavy atom. The minimum Gasteiger partial charge on any atom is -0.497 e. The van der Waals surface area contributed by atoms with Crippen LogP contribution in [-0.2, 0) is 11.2 Å². The van der Waals surface area contributed by atoms with Crippen LogP contribution in [0.15, 0.2) is 23.3 Å². The van der Waals surface area contributed by atoms with E-state index in [1.165, 1.54) is 6.39 Å². The molecule has 5 nitrogen and oxygen atoms in total. The highest BCUT2D eigenvalue weighted by molar-refractivity contribution is 4.83. The Morgan fingerprint density at radius 3 is 3.27 bits per heavy atom. The molecular formula is C10H15N3O2. The van der Waals surface area contributed by atoms with Gasteiger partial charge in [-0.25, -0.2) is 0 Å². The Bertz CT molecular complexity index is 298. The molecule has 5 heteroatoms. The van der Waals surface area contributed by atoms with E-state index in [1.54, 1.807) is 6.26 Å². The molecule has 1 atom stereocenters. The molecule has 1 N–H and O–H groups in total. The zero-order valence-electron chi connectivity index (χ0n) is 8.56. The van der Waals surface area contributed by atoms with Gasteiger partial charge in [0.1, 0.15) is 6.10 Å². The quantitative estimate of drug-likeness (QED) is 0.730. The highest BCUT2D eigenvalue weighted by atomic mass is 16.5. The third-order valence-corrected chi connectivity index (χ3v) is 2.33. The summed E-state index contributed by atoms with van der Waals surface area (Å²) >= 11 is 0. The largest absolute Gasteiger partial charge is 0.497 e. The van der Waals surface area contributed by atoms with Crippen molar-refractivity contribution in [2.24, 2.45) is 0 Å². The van der Waals surface area contributed by atoms with Gasteiger partial charge in [0.2, 0.25) is 6.39 Å². The predicted octanol–water partition coefficient (Wildman–Crippen LogP) is 0.894. The summed E-state index contributed by atoms with van der Waals surface area (Å²) in [6, 6.07) is 0. The second kappa shape index (κ2) is 5.50. The summed E-state index contributed by atoms with van der Waals surface area (Å²) in [6.45, 7) is 1.73. The highest BCUT2D eigenvalue weighted by Crippen LogP contribution is 2.08. The van der Waals surface area contributed by atoms with Gasteiger partial charge >= 0.3 is 0 Å². The molecule has 2 heterocycles. The van der Waals surface area contributed by atoms with Crippen LogP contribution >= 0.6 is 0 Å². The minimum absolute atomic E-state index is 0.306. The third-order valence-electron chi connectivity index (χ3n) is 2.33. The highest BCUT2D eigenvalue weighted by Gasteiger charge is 2.09. The molecule has 15 heavy (non-hydrogen) atoms. The smallest absolute Gasteiger partial charge is 0.213 e. The first-order chi connectivity index (χ1) is 7.45. The van der Waals surface area contributed by atoms with Gasteiger partial charge < -0.3 is 14.6 Å². The summed E-state index contributed by atoms with van der Waals surface area (Å²) < 4.78 is 10.1. The van der Waals surface area contributed by atoms with Gasteiger partial charge in [0.25, 0.3) is 0 Å². The molecule has 0 radical (unpaired) electrons. The molecule has 0 fully saturated rings.